The van der Waals surface area contributed by atoms with Crippen LogP contribution < -0.4 is 4.90 Å². The molecule has 3 nitrogen and oxygen atoms in total. The van der Waals surface area contributed by atoms with Crippen LogP contribution in [-0.4, -0.2) is 18.7 Å². The number of anilines is 1. The van der Waals surface area contributed by atoms with E-state index in [4.69, 9.17) is 11.6 Å². The highest BCUT2D eigenvalue weighted by molar-refractivity contribution is 6.34. The van der Waals surface area contributed by atoms with E-state index in [2.05, 4.69) is 0 Å². The van der Waals surface area contributed by atoms with Crippen molar-refractivity contribution in [3.05, 3.63) is 28.3 Å². The minimum Gasteiger partial charge on any atom is -0.314 e. The van der Waals surface area contributed by atoms with Crippen molar-refractivity contribution < 1.29 is 9.59 Å². The van der Waals surface area contributed by atoms with Crippen molar-refractivity contribution in [2.75, 3.05) is 11.9 Å². The first-order valence-electron chi connectivity index (χ1n) is 6.16. The Morgan fingerprint density at radius 2 is 2.11 bits per heavy atom. The fraction of sp³-hybridized carbons (Fsp3) is 0.429. The lowest BCUT2D eigenvalue weighted by Crippen LogP contribution is -2.27. The number of rotatable bonds is 2. The molecule has 1 amide bonds. The molecule has 1 heterocycles. The molecule has 94 valence electrons. The number of fused-ring (bicyclic) bond motifs is 2. The van der Waals surface area contributed by atoms with Crippen molar-refractivity contribution >= 4 is 29.0 Å². The van der Waals surface area contributed by atoms with Crippen LogP contribution in [0.4, 0.5) is 5.69 Å². The number of likely N-dealkylation sites (N-methyl/N-ethyl adjacent to an activating group) is 1. The van der Waals surface area contributed by atoms with Crippen LogP contribution in [0.5, 0.6) is 0 Å². The van der Waals surface area contributed by atoms with Crippen LogP contribution in [-0.2, 0) is 10.2 Å². The maximum Gasteiger partial charge on any atom is 0.237 e. The number of nitrogens with zero attached hydrogens (tertiary/aromatic N) is 1. The SMILES string of the molecule is CCC(=O)c1cc2c(cc1Cl)C1(CC1)C(=O)N2C. The number of Topliss-reactive ketones (excluding diaryl/α,β-unsaturated/α-hetero) is 1. The van der Waals surface area contributed by atoms with Gasteiger partial charge in [0.25, 0.3) is 0 Å². The summed E-state index contributed by atoms with van der Waals surface area (Å²) in [5.41, 5.74) is 2.03. The molecule has 3 rings (SSSR count). The van der Waals surface area contributed by atoms with Crippen molar-refractivity contribution in [3.63, 3.8) is 0 Å². The third-order valence-corrected chi connectivity index (χ3v) is 4.36. The minimum atomic E-state index is -0.332. The maximum absolute atomic E-state index is 12.2. The number of carbonyl (C=O) groups excluding carboxylic acids is 2. The standard InChI is InChI=1S/C14H14ClNO2/c1-3-12(17)8-6-11-9(7-10(8)15)14(4-5-14)13(18)16(11)2/h6-7H,3-5H2,1-2H3. The van der Waals surface area contributed by atoms with Crippen molar-refractivity contribution in [2.45, 2.75) is 31.6 Å². The topological polar surface area (TPSA) is 37.4 Å². The molecule has 1 fully saturated rings. The number of carbonyl (C=O) groups is 2. The second kappa shape index (κ2) is 3.58. The summed E-state index contributed by atoms with van der Waals surface area (Å²) in [4.78, 5) is 25.7. The molecule has 1 aliphatic heterocycles. The lowest BCUT2D eigenvalue weighted by atomic mass is 9.95. The quantitative estimate of drug-likeness (QED) is 0.770. The van der Waals surface area contributed by atoms with Gasteiger partial charge in [0, 0.05) is 24.7 Å². The largest absolute Gasteiger partial charge is 0.314 e. The molecule has 18 heavy (non-hydrogen) atoms. The number of benzene rings is 1. The lowest BCUT2D eigenvalue weighted by Gasteiger charge is -2.11. The Hall–Kier alpha value is -1.35. The summed E-state index contributed by atoms with van der Waals surface area (Å²) in [6, 6.07) is 3.59. The molecule has 0 radical (unpaired) electrons. The molecule has 1 aromatic carbocycles. The minimum absolute atomic E-state index is 0.0143. The smallest absolute Gasteiger partial charge is 0.237 e. The van der Waals surface area contributed by atoms with E-state index in [0.717, 1.165) is 24.1 Å². The van der Waals surface area contributed by atoms with Gasteiger partial charge in [-0.25, -0.2) is 0 Å². The Bertz CT molecular complexity index is 575. The molecule has 1 aliphatic carbocycles. The number of amides is 1. The summed E-state index contributed by atoms with van der Waals surface area (Å²) in [7, 11) is 1.77. The first-order chi connectivity index (χ1) is 8.51. The van der Waals surface area contributed by atoms with Crippen LogP contribution in [0.3, 0.4) is 0 Å². The first-order valence-corrected chi connectivity index (χ1v) is 6.54. The van der Waals surface area contributed by atoms with E-state index in [1.165, 1.54) is 0 Å². The Kier molecular flexibility index (Phi) is 2.33. The van der Waals surface area contributed by atoms with Gasteiger partial charge in [0.1, 0.15) is 0 Å². The van der Waals surface area contributed by atoms with Gasteiger partial charge in [0.05, 0.1) is 10.4 Å². The first kappa shape index (κ1) is 11.7. The van der Waals surface area contributed by atoms with Gasteiger partial charge in [-0.2, -0.15) is 0 Å². The molecule has 1 saturated carbocycles. The number of hydrogen-bond acceptors (Lipinski definition) is 2. The molecule has 0 N–H and O–H groups in total. The number of ketones is 1. The van der Waals surface area contributed by atoms with E-state index in [0.29, 0.717) is 17.0 Å². The number of halogens is 1. The zero-order valence-electron chi connectivity index (χ0n) is 10.4. The summed E-state index contributed by atoms with van der Waals surface area (Å²) in [5.74, 6) is 0.148. The summed E-state index contributed by atoms with van der Waals surface area (Å²) in [5, 5.41) is 0.468. The molecule has 2 aliphatic rings. The fourth-order valence-electron chi connectivity index (χ4n) is 2.78. The molecule has 1 aromatic rings. The molecule has 4 heteroatoms. The second-order valence-electron chi connectivity index (χ2n) is 5.07. The van der Waals surface area contributed by atoms with Gasteiger partial charge in [-0.1, -0.05) is 18.5 Å². The van der Waals surface area contributed by atoms with Crippen LogP contribution in [0, 0.1) is 0 Å². The number of hydrogen-bond donors (Lipinski definition) is 0. The van der Waals surface area contributed by atoms with Crippen LogP contribution in [0.2, 0.25) is 5.02 Å². The molecule has 0 atom stereocenters. The van der Waals surface area contributed by atoms with Gasteiger partial charge in [0.2, 0.25) is 5.91 Å². The van der Waals surface area contributed by atoms with Crippen LogP contribution >= 0.6 is 11.6 Å². The van der Waals surface area contributed by atoms with Crippen molar-refractivity contribution in [1.29, 1.82) is 0 Å². The zero-order chi connectivity index (χ0) is 13.1. The van der Waals surface area contributed by atoms with Gasteiger partial charge in [-0.3, -0.25) is 9.59 Å². The fourth-order valence-corrected chi connectivity index (χ4v) is 3.05. The van der Waals surface area contributed by atoms with Gasteiger partial charge in [0.15, 0.2) is 5.78 Å². The highest BCUT2D eigenvalue weighted by Crippen LogP contribution is 2.57. The van der Waals surface area contributed by atoms with E-state index in [1.807, 2.05) is 13.0 Å². The average Bonchev–Trinajstić information content (AvgIpc) is 3.14. The molecule has 0 bridgehead atoms. The third kappa shape index (κ3) is 1.31. The summed E-state index contributed by atoms with van der Waals surface area (Å²) in [6.45, 7) is 1.81. The normalized spacial score (nSPS) is 19.3. The van der Waals surface area contributed by atoms with Crippen LogP contribution in [0.1, 0.15) is 42.1 Å². The molecular formula is C14H14ClNO2. The Morgan fingerprint density at radius 1 is 1.44 bits per heavy atom. The molecular weight excluding hydrogens is 250 g/mol. The predicted molar refractivity (Wildman–Crippen MR) is 70.4 cm³/mol. The molecule has 0 aromatic heterocycles. The van der Waals surface area contributed by atoms with Gasteiger partial charge >= 0.3 is 0 Å². The van der Waals surface area contributed by atoms with Crippen molar-refractivity contribution in [3.8, 4) is 0 Å². The Balaban J connectivity index is 2.19. The van der Waals surface area contributed by atoms with E-state index in [9.17, 15) is 9.59 Å². The van der Waals surface area contributed by atoms with Crippen LogP contribution in [0.25, 0.3) is 0 Å². The zero-order valence-corrected chi connectivity index (χ0v) is 11.2. The molecule has 0 unspecified atom stereocenters. The maximum atomic E-state index is 12.2. The van der Waals surface area contributed by atoms with Crippen molar-refractivity contribution in [2.24, 2.45) is 0 Å². The highest BCUT2D eigenvalue weighted by atomic mass is 35.5. The summed E-state index contributed by atoms with van der Waals surface area (Å²) in [6.07, 6.45) is 2.20. The Morgan fingerprint density at radius 3 is 2.67 bits per heavy atom. The second-order valence-corrected chi connectivity index (χ2v) is 5.48. The van der Waals surface area contributed by atoms with Gasteiger partial charge < -0.3 is 4.90 Å². The predicted octanol–water partition coefficient (Wildman–Crippen LogP) is 2.94. The van der Waals surface area contributed by atoms with Crippen LogP contribution in [0.15, 0.2) is 12.1 Å². The van der Waals surface area contributed by atoms with E-state index >= 15 is 0 Å². The van der Waals surface area contributed by atoms with Gasteiger partial charge in [-0.15, -0.1) is 0 Å². The lowest BCUT2D eigenvalue weighted by molar-refractivity contribution is -0.119. The van der Waals surface area contributed by atoms with E-state index in [-0.39, 0.29) is 17.1 Å². The van der Waals surface area contributed by atoms with E-state index in [1.54, 1.807) is 18.0 Å². The Labute approximate surface area is 111 Å². The third-order valence-electron chi connectivity index (χ3n) is 4.05. The van der Waals surface area contributed by atoms with E-state index < -0.39 is 0 Å². The van der Waals surface area contributed by atoms with Crippen molar-refractivity contribution in [1.82, 2.24) is 0 Å². The highest BCUT2D eigenvalue weighted by Gasteiger charge is 2.58. The van der Waals surface area contributed by atoms with Gasteiger partial charge in [-0.05, 0) is 30.5 Å². The average molecular weight is 264 g/mol. The monoisotopic (exact) mass is 263 g/mol. The summed E-state index contributed by atoms with van der Waals surface area (Å²) >= 11 is 6.18. The summed E-state index contributed by atoms with van der Waals surface area (Å²) < 4.78 is 0. The molecule has 1 spiro atoms. The molecule has 0 saturated heterocycles.